The number of carbonyl (C=O) groups excluding carboxylic acids is 1. The summed E-state index contributed by atoms with van der Waals surface area (Å²) in [6, 6.07) is 0.377. The Bertz CT molecular complexity index is 193. The van der Waals surface area contributed by atoms with Crippen LogP contribution in [0.1, 0.15) is 26.7 Å². The van der Waals surface area contributed by atoms with E-state index in [0.29, 0.717) is 12.6 Å². The lowest BCUT2D eigenvalue weighted by Gasteiger charge is -2.18. The summed E-state index contributed by atoms with van der Waals surface area (Å²) < 4.78 is 0. The van der Waals surface area contributed by atoms with Gasteiger partial charge in [-0.25, -0.2) is 0 Å². The highest BCUT2D eigenvalue weighted by molar-refractivity contribution is 5.81. The average Bonchev–Trinajstić information content (AvgIpc) is 2.57. The van der Waals surface area contributed by atoms with Crippen molar-refractivity contribution in [2.24, 2.45) is 0 Å². The van der Waals surface area contributed by atoms with Gasteiger partial charge in [-0.2, -0.15) is 0 Å². The van der Waals surface area contributed by atoms with Crippen molar-refractivity contribution < 1.29 is 4.79 Å². The summed E-state index contributed by atoms with van der Waals surface area (Å²) in [4.78, 5) is 11.3. The molecule has 0 aromatic rings. The molecule has 13 heavy (non-hydrogen) atoms. The zero-order valence-electron chi connectivity index (χ0n) is 8.34. The third-order valence-electron chi connectivity index (χ3n) is 2.24. The van der Waals surface area contributed by atoms with Crippen LogP contribution in [0.15, 0.2) is 12.2 Å². The van der Waals surface area contributed by atoms with Gasteiger partial charge in [0.1, 0.15) is 0 Å². The Balaban J connectivity index is 2.23. The minimum Gasteiger partial charge on any atom is -0.355 e. The quantitative estimate of drug-likeness (QED) is 0.632. The molecule has 2 N–H and O–H groups in total. The summed E-state index contributed by atoms with van der Waals surface area (Å²) in [6.45, 7) is 4.54. The van der Waals surface area contributed by atoms with Crippen molar-refractivity contribution in [3.8, 4) is 0 Å². The molecule has 0 heterocycles. The smallest absolute Gasteiger partial charge is 0.236 e. The molecule has 1 aliphatic rings. The number of amides is 1. The highest BCUT2D eigenvalue weighted by Gasteiger charge is 2.17. The maximum absolute atomic E-state index is 11.3. The van der Waals surface area contributed by atoms with E-state index in [1.54, 1.807) is 0 Å². The number of hydrogen-bond donors (Lipinski definition) is 2. The summed E-state index contributed by atoms with van der Waals surface area (Å²) in [5, 5.41) is 6.09. The molecular formula is C10H18N2O. The topological polar surface area (TPSA) is 41.1 Å². The molecule has 1 rings (SSSR count). The lowest BCUT2D eigenvalue weighted by Crippen LogP contribution is -2.45. The molecule has 0 aliphatic heterocycles. The van der Waals surface area contributed by atoms with Gasteiger partial charge in [0.15, 0.2) is 0 Å². The SMILES string of the molecule is CCNC(=O)C(C)NC1CC=CC1. The molecule has 1 atom stereocenters. The summed E-state index contributed by atoms with van der Waals surface area (Å²) in [6.07, 6.45) is 6.40. The average molecular weight is 182 g/mol. The summed E-state index contributed by atoms with van der Waals surface area (Å²) >= 11 is 0. The second-order valence-corrected chi connectivity index (χ2v) is 3.42. The Morgan fingerprint density at radius 3 is 2.69 bits per heavy atom. The molecule has 3 nitrogen and oxygen atoms in total. The number of rotatable bonds is 4. The first-order valence-electron chi connectivity index (χ1n) is 4.92. The number of carbonyl (C=O) groups is 1. The minimum absolute atomic E-state index is 0.0788. The maximum Gasteiger partial charge on any atom is 0.236 e. The second kappa shape index (κ2) is 5.02. The number of nitrogens with one attached hydrogen (secondary N) is 2. The van der Waals surface area contributed by atoms with Gasteiger partial charge in [-0.1, -0.05) is 12.2 Å². The first-order valence-corrected chi connectivity index (χ1v) is 4.92. The van der Waals surface area contributed by atoms with Gasteiger partial charge >= 0.3 is 0 Å². The Hall–Kier alpha value is -0.830. The highest BCUT2D eigenvalue weighted by Crippen LogP contribution is 2.09. The van der Waals surface area contributed by atoms with Crippen LogP contribution >= 0.6 is 0 Å². The van der Waals surface area contributed by atoms with Crippen molar-refractivity contribution in [1.29, 1.82) is 0 Å². The van der Waals surface area contributed by atoms with Crippen LogP contribution in [-0.2, 0) is 4.79 Å². The third-order valence-corrected chi connectivity index (χ3v) is 2.24. The first kappa shape index (κ1) is 10.3. The van der Waals surface area contributed by atoms with E-state index < -0.39 is 0 Å². The Morgan fingerprint density at radius 2 is 2.15 bits per heavy atom. The lowest BCUT2D eigenvalue weighted by molar-refractivity contribution is -0.122. The molecule has 1 unspecified atom stereocenters. The molecule has 0 saturated carbocycles. The van der Waals surface area contributed by atoms with Crippen LogP contribution in [0.4, 0.5) is 0 Å². The molecule has 0 bridgehead atoms. The van der Waals surface area contributed by atoms with Gasteiger partial charge in [-0.15, -0.1) is 0 Å². The van der Waals surface area contributed by atoms with Crippen molar-refractivity contribution in [3.05, 3.63) is 12.2 Å². The molecular weight excluding hydrogens is 164 g/mol. The van der Waals surface area contributed by atoms with Crippen LogP contribution in [0, 0.1) is 0 Å². The number of hydrogen-bond acceptors (Lipinski definition) is 2. The molecule has 1 amide bonds. The van der Waals surface area contributed by atoms with Crippen molar-refractivity contribution in [2.45, 2.75) is 38.8 Å². The van der Waals surface area contributed by atoms with Crippen molar-refractivity contribution in [2.75, 3.05) is 6.54 Å². The van der Waals surface area contributed by atoms with Crippen LogP contribution in [-0.4, -0.2) is 24.5 Å². The second-order valence-electron chi connectivity index (χ2n) is 3.42. The van der Waals surface area contributed by atoms with E-state index in [1.165, 1.54) is 0 Å². The van der Waals surface area contributed by atoms with Crippen molar-refractivity contribution in [1.82, 2.24) is 10.6 Å². The van der Waals surface area contributed by atoms with Crippen molar-refractivity contribution in [3.63, 3.8) is 0 Å². The summed E-state index contributed by atoms with van der Waals surface area (Å²) in [5.41, 5.74) is 0. The van der Waals surface area contributed by atoms with Gasteiger partial charge < -0.3 is 10.6 Å². The molecule has 0 radical (unpaired) electrons. The lowest BCUT2D eigenvalue weighted by atomic mass is 10.2. The predicted octanol–water partition coefficient (Wildman–Crippen LogP) is 0.819. The van der Waals surface area contributed by atoms with E-state index >= 15 is 0 Å². The van der Waals surface area contributed by atoms with E-state index in [2.05, 4.69) is 22.8 Å². The molecule has 0 aromatic heterocycles. The highest BCUT2D eigenvalue weighted by atomic mass is 16.2. The van der Waals surface area contributed by atoms with E-state index in [4.69, 9.17) is 0 Å². The molecule has 3 heteroatoms. The molecule has 1 aliphatic carbocycles. The van der Waals surface area contributed by atoms with Crippen LogP contribution in [0.2, 0.25) is 0 Å². The van der Waals surface area contributed by atoms with E-state index in [9.17, 15) is 4.79 Å². The molecule has 0 saturated heterocycles. The fourth-order valence-corrected chi connectivity index (χ4v) is 1.51. The maximum atomic E-state index is 11.3. The molecule has 0 spiro atoms. The fourth-order valence-electron chi connectivity index (χ4n) is 1.51. The Kier molecular flexibility index (Phi) is 3.96. The van der Waals surface area contributed by atoms with Crippen LogP contribution in [0.5, 0.6) is 0 Å². The molecule has 0 aromatic carbocycles. The summed E-state index contributed by atoms with van der Waals surface area (Å²) in [5.74, 6) is 0.0920. The summed E-state index contributed by atoms with van der Waals surface area (Å²) in [7, 11) is 0. The molecule has 0 fully saturated rings. The van der Waals surface area contributed by atoms with Crippen molar-refractivity contribution >= 4 is 5.91 Å². The monoisotopic (exact) mass is 182 g/mol. The molecule has 74 valence electrons. The van der Waals surface area contributed by atoms with Crippen LogP contribution in [0.25, 0.3) is 0 Å². The predicted molar refractivity (Wildman–Crippen MR) is 53.4 cm³/mol. The number of likely N-dealkylation sites (N-methyl/N-ethyl adjacent to an activating group) is 1. The van der Waals surface area contributed by atoms with E-state index in [1.807, 2.05) is 13.8 Å². The van der Waals surface area contributed by atoms with Gasteiger partial charge in [0.2, 0.25) is 5.91 Å². The minimum atomic E-state index is -0.0788. The van der Waals surface area contributed by atoms with Gasteiger partial charge in [-0.3, -0.25) is 4.79 Å². The first-order chi connectivity index (χ1) is 6.24. The van der Waals surface area contributed by atoms with Crippen LogP contribution < -0.4 is 10.6 Å². The van der Waals surface area contributed by atoms with Gasteiger partial charge in [-0.05, 0) is 26.7 Å². The zero-order valence-corrected chi connectivity index (χ0v) is 8.34. The standard InChI is InChI=1S/C10H18N2O/c1-3-11-10(13)8(2)12-9-6-4-5-7-9/h4-5,8-9,12H,3,6-7H2,1-2H3,(H,11,13). The van der Waals surface area contributed by atoms with Crippen LogP contribution in [0.3, 0.4) is 0 Å². The zero-order chi connectivity index (χ0) is 9.68. The Labute approximate surface area is 79.6 Å². The van der Waals surface area contributed by atoms with E-state index in [-0.39, 0.29) is 11.9 Å². The van der Waals surface area contributed by atoms with E-state index in [0.717, 1.165) is 12.8 Å². The van der Waals surface area contributed by atoms with Gasteiger partial charge in [0.05, 0.1) is 6.04 Å². The third kappa shape index (κ3) is 3.19. The normalized spacial score (nSPS) is 18.9. The van der Waals surface area contributed by atoms with Gasteiger partial charge in [0, 0.05) is 12.6 Å². The Morgan fingerprint density at radius 1 is 1.54 bits per heavy atom. The fraction of sp³-hybridized carbons (Fsp3) is 0.700. The largest absolute Gasteiger partial charge is 0.355 e. The van der Waals surface area contributed by atoms with Gasteiger partial charge in [0.25, 0.3) is 0 Å².